The van der Waals surface area contributed by atoms with Crippen molar-refractivity contribution < 1.29 is 23.2 Å². The molecule has 24 heavy (non-hydrogen) atoms. The van der Waals surface area contributed by atoms with Crippen LogP contribution in [0.2, 0.25) is 0 Å². The molecule has 0 fully saturated rings. The molecule has 0 radical (unpaired) electrons. The Labute approximate surface area is 136 Å². The minimum Gasteiger partial charge on any atom is -0.410 e. The third-order valence-corrected chi connectivity index (χ3v) is 3.52. The molecule has 2 rings (SSSR count). The van der Waals surface area contributed by atoms with E-state index >= 15 is 0 Å². The number of halogens is 3. The lowest BCUT2D eigenvalue weighted by Gasteiger charge is -2.12. The van der Waals surface area contributed by atoms with Crippen molar-refractivity contribution in [3.63, 3.8) is 0 Å². The molecule has 0 atom stereocenters. The average molecular weight is 336 g/mol. The van der Waals surface area contributed by atoms with E-state index in [1.165, 1.54) is 0 Å². The summed E-state index contributed by atoms with van der Waals surface area (Å²) in [4.78, 5) is 12.3. The van der Waals surface area contributed by atoms with Gasteiger partial charge in [0.2, 0.25) is 0 Å². The van der Waals surface area contributed by atoms with Crippen molar-refractivity contribution in [2.24, 2.45) is 5.16 Å². The summed E-state index contributed by atoms with van der Waals surface area (Å²) in [7, 11) is 0. The fourth-order valence-electron chi connectivity index (χ4n) is 2.24. The van der Waals surface area contributed by atoms with Crippen LogP contribution in [0, 0.1) is 13.8 Å². The van der Waals surface area contributed by atoms with Gasteiger partial charge in [-0.05, 0) is 37.1 Å². The number of nitrogens with one attached hydrogen (secondary N) is 1. The van der Waals surface area contributed by atoms with Gasteiger partial charge in [-0.2, -0.15) is 13.2 Å². The summed E-state index contributed by atoms with van der Waals surface area (Å²) in [6, 6.07) is 9.26. The zero-order valence-electron chi connectivity index (χ0n) is 13.0. The van der Waals surface area contributed by atoms with Gasteiger partial charge in [0.1, 0.15) is 0 Å². The van der Waals surface area contributed by atoms with Gasteiger partial charge in [0.05, 0.1) is 5.56 Å². The molecule has 4 nitrogen and oxygen atoms in total. The average Bonchev–Trinajstić information content (AvgIpc) is 2.51. The number of para-hydroxylation sites is 1. The number of anilines is 1. The van der Waals surface area contributed by atoms with Crippen LogP contribution < -0.4 is 5.32 Å². The lowest BCUT2D eigenvalue weighted by atomic mass is 10.1. The molecule has 126 valence electrons. The molecule has 2 aromatic rings. The Bertz CT molecular complexity index is 761. The van der Waals surface area contributed by atoms with Gasteiger partial charge in [-0.15, -0.1) is 0 Å². The van der Waals surface area contributed by atoms with Crippen LogP contribution in [0.15, 0.2) is 47.6 Å². The molecule has 7 heteroatoms. The molecule has 2 N–H and O–H groups in total. The third-order valence-electron chi connectivity index (χ3n) is 3.52. The van der Waals surface area contributed by atoms with Crippen LogP contribution in [-0.2, 0) is 11.0 Å². The van der Waals surface area contributed by atoms with Gasteiger partial charge in [0, 0.05) is 11.3 Å². The molecule has 2 aromatic carbocycles. The first-order chi connectivity index (χ1) is 11.2. The number of hydrogen-bond acceptors (Lipinski definition) is 3. The Morgan fingerprint density at radius 3 is 2.04 bits per heavy atom. The van der Waals surface area contributed by atoms with Gasteiger partial charge < -0.3 is 10.5 Å². The quantitative estimate of drug-likeness (QED) is 0.503. The van der Waals surface area contributed by atoms with Crippen LogP contribution in [-0.4, -0.2) is 16.8 Å². The van der Waals surface area contributed by atoms with Gasteiger partial charge >= 0.3 is 6.18 Å². The van der Waals surface area contributed by atoms with E-state index in [9.17, 15) is 18.0 Å². The number of rotatable bonds is 3. The molecule has 0 bridgehead atoms. The van der Waals surface area contributed by atoms with E-state index in [0.717, 1.165) is 35.4 Å². The predicted molar refractivity (Wildman–Crippen MR) is 84.3 cm³/mol. The number of benzene rings is 2. The monoisotopic (exact) mass is 336 g/mol. The highest BCUT2D eigenvalue weighted by Gasteiger charge is 2.30. The van der Waals surface area contributed by atoms with E-state index < -0.39 is 17.6 Å². The molecule has 0 unspecified atom stereocenters. The van der Waals surface area contributed by atoms with Crippen LogP contribution in [0.3, 0.4) is 0 Å². The largest absolute Gasteiger partial charge is 0.416 e. The summed E-state index contributed by atoms with van der Waals surface area (Å²) in [5.41, 5.74) is 1.05. The normalized spacial score (nSPS) is 12.1. The number of hydrogen-bond donors (Lipinski definition) is 2. The summed E-state index contributed by atoms with van der Waals surface area (Å²) >= 11 is 0. The first-order valence-electron chi connectivity index (χ1n) is 7.01. The van der Waals surface area contributed by atoms with Crippen LogP contribution in [0.1, 0.15) is 22.3 Å². The zero-order valence-corrected chi connectivity index (χ0v) is 13.0. The molecule has 0 saturated carbocycles. The Balaban J connectivity index is 2.27. The second kappa shape index (κ2) is 6.74. The minimum absolute atomic E-state index is 0.0780. The maximum Gasteiger partial charge on any atom is 0.416 e. The summed E-state index contributed by atoms with van der Waals surface area (Å²) < 4.78 is 37.7. The summed E-state index contributed by atoms with van der Waals surface area (Å²) in [5, 5.41) is 14.7. The molecule has 0 aliphatic carbocycles. The van der Waals surface area contributed by atoms with Crippen molar-refractivity contribution in [3.8, 4) is 0 Å². The molecule has 0 heterocycles. The van der Waals surface area contributed by atoms with Crippen LogP contribution in [0.5, 0.6) is 0 Å². The SMILES string of the molecule is Cc1cccc(C)c1NC(=O)/C(=N/O)c1ccc(C(F)(F)F)cc1. The third kappa shape index (κ3) is 3.73. The highest BCUT2D eigenvalue weighted by molar-refractivity contribution is 6.48. The van der Waals surface area contributed by atoms with Crippen molar-refractivity contribution in [2.75, 3.05) is 5.32 Å². The first-order valence-corrected chi connectivity index (χ1v) is 7.01. The number of amides is 1. The van der Waals surface area contributed by atoms with Crippen molar-refractivity contribution in [2.45, 2.75) is 20.0 Å². The molecular weight excluding hydrogens is 321 g/mol. The van der Waals surface area contributed by atoms with E-state index in [0.29, 0.717) is 5.69 Å². The van der Waals surface area contributed by atoms with Crippen LogP contribution in [0.25, 0.3) is 0 Å². The molecule has 0 aliphatic heterocycles. The molecular formula is C17H15F3N2O2. The second-order valence-corrected chi connectivity index (χ2v) is 5.24. The Morgan fingerprint density at radius 1 is 1.04 bits per heavy atom. The maximum absolute atomic E-state index is 12.6. The Morgan fingerprint density at radius 2 is 1.58 bits per heavy atom. The van der Waals surface area contributed by atoms with E-state index in [1.807, 2.05) is 6.07 Å². The highest BCUT2D eigenvalue weighted by atomic mass is 19.4. The zero-order chi connectivity index (χ0) is 17.9. The first kappa shape index (κ1) is 17.5. The van der Waals surface area contributed by atoms with Crippen molar-refractivity contribution in [3.05, 3.63) is 64.7 Å². The number of aryl methyl sites for hydroxylation is 2. The van der Waals surface area contributed by atoms with Gasteiger partial charge in [0.25, 0.3) is 5.91 Å². The number of carbonyl (C=O) groups is 1. The van der Waals surface area contributed by atoms with Gasteiger partial charge in [-0.3, -0.25) is 4.79 Å². The van der Waals surface area contributed by atoms with Crippen LogP contribution >= 0.6 is 0 Å². The maximum atomic E-state index is 12.6. The smallest absolute Gasteiger partial charge is 0.410 e. The fraction of sp³-hybridized carbons (Fsp3) is 0.176. The van der Waals surface area contributed by atoms with Gasteiger partial charge in [-0.25, -0.2) is 0 Å². The molecule has 0 spiro atoms. The number of alkyl halides is 3. The van der Waals surface area contributed by atoms with Crippen LogP contribution in [0.4, 0.5) is 18.9 Å². The topological polar surface area (TPSA) is 61.7 Å². The summed E-state index contributed by atoms with van der Waals surface area (Å²) in [5.74, 6) is -0.713. The fourth-order valence-corrected chi connectivity index (χ4v) is 2.24. The molecule has 0 aliphatic rings. The van der Waals surface area contributed by atoms with E-state index in [2.05, 4.69) is 10.5 Å². The van der Waals surface area contributed by atoms with E-state index in [-0.39, 0.29) is 11.3 Å². The number of oxime groups is 1. The lowest BCUT2D eigenvalue weighted by molar-refractivity contribution is -0.137. The molecule has 0 saturated heterocycles. The van der Waals surface area contributed by atoms with E-state index in [4.69, 9.17) is 5.21 Å². The highest BCUT2D eigenvalue weighted by Crippen LogP contribution is 2.29. The molecule has 1 amide bonds. The van der Waals surface area contributed by atoms with Gasteiger partial charge in [-0.1, -0.05) is 35.5 Å². The van der Waals surface area contributed by atoms with Crippen molar-refractivity contribution >= 4 is 17.3 Å². The summed E-state index contributed by atoms with van der Waals surface area (Å²) in [6.07, 6.45) is -4.48. The molecule has 0 aromatic heterocycles. The van der Waals surface area contributed by atoms with Crippen molar-refractivity contribution in [1.82, 2.24) is 0 Å². The lowest BCUT2D eigenvalue weighted by Crippen LogP contribution is -2.25. The minimum atomic E-state index is -4.48. The van der Waals surface area contributed by atoms with Crippen molar-refractivity contribution in [1.29, 1.82) is 0 Å². The predicted octanol–water partition coefficient (Wildman–Crippen LogP) is 4.14. The number of nitrogens with zero attached hydrogens (tertiary/aromatic N) is 1. The Hall–Kier alpha value is -2.83. The summed E-state index contributed by atoms with van der Waals surface area (Å²) in [6.45, 7) is 3.60. The number of carbonyl (C=O) groups excluding carboxylic acids is 1. The van der Waals surface area contributed by atoms with Gasteiger partial charge in [0.15, 0.2) is 5.71 Å². The Kier molecular flexibility index (Phi) is 4.92. The second-order valence-electron chi connectivity index (χ2n) is 5.24. The standard InChI is InChI=1S/C17H15F3N2O2/c1-10-4-3-5-11(2)14(10)21-16(23)15(22-24)12-6-8-13(9-7-12)17(18,19)20/h3-9,24H,1-2H3,(H,21,23)/b22-15+. The van der Waals surface area contributed by atoms with E-state index in [1.54, 1.807) is 26.0 Å².